The highest BCUT2D eigenvalue weighted by atomic mass is 35.5. The molecule has 0 aliphatic rings. The Hall–Kier alpha value is -2.44. The van der Waals surface area contributed by atoms with E-state index in [0.717, 1.165) is 17.0 Å². The number of aromatic nitrogens is 3. The van der Waals surface area contributed by atoms with Gasteiger partial charge in [0.25, 0.3) is 0 Å². The Morgan fingerprint density at radius 1 is 1.27 bits per heavy atom. The van der Waals surface area contributed by atoms with Crippen LogP contribution in [0.25, 0.3) is 11.4 Å². The Morgan fingerprint density at radius 3 is 2.77 bits per heavy atom. The minimum absolute atomic E-state index is 0.0528. The molecule has 0 atom stereocenters. The lowest BCUT2D eigenvalue weighted by atomic mass is 10.1. The Kier molecular flexibility index (Phi) is 5.85. The van der Waals surface area contributed by atoms with Crippen molar-refractivity contribution >= 4 is 29.7 Å². The van der Waals surface area contributed by atoms with Crippen LogP contribution in [-0.2, 0) is 17.9 Å². The minimum Gasteiger partial charge on any atom is -0.352 e. The van der Waals surface area contributed by atoms with Crippen molar-refractivity contribution in [3.8, 4) is 11.4 Å². The van der Waals surface area contributed by atoms with E-state index < -0.39 is 0 Å². The maximum absolute atomic E-state index is 12.2. The number of hydrogen-bond donors (Lipinski definition) is 2. The summed E-state index contributed by atoms with van der Waals surface area (Å²) in [7, 11) is 0. The van der Waals surface area contributed by atoms with Crippen LogP contribution in [0.5, 0.6) is 0 Å². The molecule has 0 radical (unpaired) electrons. The van der Waals surface area contributed by atoms with Gasteiger partial charge >= 0.3 is 0 Å². The summed E-state index contributed by atoms with van der Waals surface area (Å²) in [6, 6.07) is 15.5. The molecule has 3 aromatic rings. The zero-order valence-corrected chi connectivity index (χ0v) is 15.9. The van der Waals surface area contributed by atoms with Crippen LogP contribution >= 0.6 is 23.8 Å². The second-order valence-electron chi connectivity index (χ2n) is 6.03. The van der Waals surface area contributed by atoms with Crippen molar-refractivity contribution < 1.29 is 4.79 Å². The summed E-state index contributed by atoms with van der Waals surface area (Å²) in [4.78, 5) is 12.2. The molecule has 5 nitrogen and oxygen atoms in total. The number of hydrogen-bond acceptors (Lipinski definition) is 3. The van der Waals surface area contributed by atoms with Crippen LogP contribution in [0.2, 0.25) is 5.02 Å². The minimum atomic E-state index is -0.0528. The third kappa shape index (κ3) is 4.59. The maximum atomic E-state index is 12.2. The van der Waals surface area contributed by atoms with Gasteiger partial charge in [-0.15, -0.1) is 0 Å². The predicted octanol–water partition coefficient (Wildman–Crippen LogP) is 4.28. The summed E-state index contributed by atoms with van der Waals surface area (Å²) in [5, 5.41) is 10.7. The standard InChI is InChI=1S/C19H19ClN4OS/c1-13-5-7-15(8-6-13)18-22-23-19(26)24(18)10-9-17(25)21-12-14-3-2-4-16(20)11-14/h2-8,11H,9-10,12H2,1H3,(H,21,25)(H,23,26). The number of carbonyl (C=O) groups is 1. The molecule has 7 heteroatoms. The van der Waals surface area contributed by atoms with Crippen molar-refractivity contribution in [3.63, 3.8) is 0 Å². The van der Waals surface area contributed by atoms with Crippen molar-refractivity contribution in [1.29, 1.82) is 0 Å². The Balaban J connectivity index is 1.62. The lowest BCUT2D eigenvalue weighted by Crippen LogP contribution is -2.24. The highest BCUT2D eigenvalue weighted by Gasteiger charge is 2.10. The molecule has 0 saturated heterocycles. The fourth-order valence-electron chi connectivity index (χ4n) is 2.60. The summed E-state index contributed by atoms with van der Waals surface area (Å²) < 4.78 is 2.35. The zero-order chi connectivity index (χ0) is 18.5. The number of aromatic amines is 1. The van der Waals surface area contributed by atoms with Crippen molar-refractivity contribution in [2.45, 2.75) is 26.4 Å². The first-order valence-corrected chi connectivity index (χ1v) is 9.05. The third-order valence-electron chi connectivity index (χ3n) is 4.01. The number of nitrogens with one attached hydrogen (secondary N) is 2. The van der Waals surface area contributed by atoms with Crippen LogP contribution in [0.15, 0.2) is 48.5 Å². The average Bonchev–Trinajstić information content (AvgIpc) is 2.99. The monoisotopic (exact) mass is 386 g/mol. The van der Waals surface area contributed by atoms with Crippen molar-refractivity contribution in [1.82, 2.24) is 20.1 Å². The van der Waals surface area contributed by atoms with Gasteiger partial charge in [0, 0.05) is 30.1 Å². The van der Waals surface area contributed by atoms with Crippen LogP contribution in [0.1, 0.15) is 17.5 Å². The molecule has 2 aromatic carbocycles. The van der Waals surface area contributed by atoms with E-state index in [0.29, 0.717) is 29.3 Å². The van der Waals surface area contributed by atoms with E-state index in [-0.39, 0.29) is 5.91 Å². The predicted molar refractivity (Wildman–Crippen MR) is 106 cm³/mol. The molecule has 134 valence electrons. The second-order valence-corrected chi connectivity index (χ2v) is 6.85. The summed E-state index contributed by atoms with van der Waals surface area (Å²) in [5.74, 6) is 0.681. The van der Waals surface area contributed by atoms with Gasteiger partial charge in [0.2, 0.25) is 5.91 Å². The quantitative estimate of drug-likeness (QED) is 0.621. The normalized spacial score (nSPS) is 10.7. The van der Waals surface area contributed by atoms with Crippen LogP contribution < -0.4 is 5.32 Å². The Labute approximate surface area is 162 Å². The third-order valence-corrected chi connectivity index (χ3v) is 4.56. The van der Waals surface area contributed by atoms with Crippen LogP contribution in [0, 0.1) is 11.7 Å². The molecule has 26 heavy (non-hydrogen) atoms. The molecule has 1 amide bonds. The van der Waals surface area contributed by atoms with Gasteiger partial charge in [-0.1, -0.05) is 53.6 Å². The molecule has 1 aromatic heterocycles. The number of nitrogens with zero attached hydrogens (tertiary/aromatic N) is 2. The molecular formula is C19H19ClN4OS. The van der Waals surface area contributed by atoms with Crippen molar-refractivity contribution in [3.05, 3.63) is 69.5 Å². The van der Waals surface area contributed by atoms with Crippen LogP contribution in [-0.4, -0.2) is 20.7 Å². The number of H-pyrrole nitrogens is 1. The fourth-order valence-corrected chi connectivity index (χ4v) is 3.03. The number of halogens is 1. The smallest absolute Gasteiger partial charge is 0.222 e. The van der Waals surface area contributed by atoms with Gasteiger partial charge < -0.3 is 5.32 Å². The van der Waals surface area contributed by atoms with Gasteiger partial charge in [0.1, 0.15) is 0 Å². The number of carbonyl (C=O) groups excluding carboxylic acids is 1. The van der Waals surface area contributed by atoms with Gasteiger partial charge in [-0.05, 0) is 36.8 Å². The van der Waals surface area contributed by atoms with E-state index >= 15 is 0 Å². The molecule has 0 aliphatic carbocycles. The van der Waals surface area contributed by atoms with E-state index in [1.54, 1.807) is 6.07 Å². The maximum Gasteiger partial charge on any atom is 0.222 e. The summed E-state index contributed by atoms with van der Waals surface area (Å²) in [6.45, 7) is 2.94. The largest absolute Gasteiger partial charge is 0.352 e. The molecule has 0 fully saturated rings. The van der Waals surface area contributed by atoms with Crippen LogP contribution in [0.3, 0.4) is 0 Å². The summed E-state index contributed by atoms with van der Waals surface area (Å²) >= 11 is 11.3. The van der Waals surface area contributed by atoms with E-state index in [1.807, 2.05) is 54.0 Å². The molecule has 0 aliphatic heterocycles. The first-order valence-electron chi connectivity index (χ1n) is 8.26. The van der Waals surface area contributed by atoms with Gasteiger partial charge in [-0.3, -0.25) is 14.5 Å². The number of benzene rings is 2. The molecular weight excluding hydrogens is 368 g/mol. The SMILES string of the molecule is Cc1ccc(-c2n[nH]c(=S)n2CCC(=O)NCc2cccc(Cl)c2)cc1. The number of amides is 1. The van der Waals surface area contributed by atoms with Crippen molar-refractivity contribution in [2.75, 3.05) is 0 Å². The van der Waals surface area contributed by atoms with Gasteiger partial charge in [0.15, 0.2) is 10.6 Å². The first kappa shape index (κ1) is 18.4. The molecule has 0 spiro atoms. The number of aryl methyl sites for hydroxylation is 1. The summed E-state index contributed by atoms with van der Waals surface area (Å²) in [5.41, 5.74) is 3.10. The molecule has 2 N–H and O–H groups in total. The van der Waals surface area contributed by atoms with Crippen LogP contribution in [0.4, 0.5) is 0 Å². The molecule has 0 unspecified atom stereocenters. The van der Waals surface area contributed by atoms with Crippen molar-refractivity contribution in [2.24, 2.45) is 0 Å². The fraction of sp³-hybridized carbons (Fsp3) is 0.211. The van der Waals surface area contributed by atoms with Gasteiger partial charge in [-0.2, -0.15) is 5.10 Å². The van der Waals surface area contributed by atoms with E-state index in [4.69, 9.17) is 23.8 Å². The van der Waals surface area contributed by atoms with E-state index in [1.165, 1.54) is 5.56 Å². The van der Waals surface area contributed by atoms with Gasteiger partial charge in [0.05, 0.1) is 0 Å². The summed E-state index contributed by atoms with van der Waals surface area (Å²) in [6.07, 6.45) is 0.313. The zero-order valence-electron chi connectivity index (χ0n) is 14.3. The lowest BCUT2D eigenvalue weighted by molar-refractivity contribution is -0.121. The molecule has 0 saturated carbocycles. The first-order chi connectivity index (χ1) is 12.5. The highest BCUT2D eigenvalue weighted by molar-refractivity contribution is 7.71. The van der Waals surface area contributed by atoms with E-state index in [9.17, 15) is 4.79 Å². The second kappa shape index (κ2) is 8.29. The Morgan fingerprint density at radius 2 is 2.04 bits per heavy atom. The topological polar surface area (TPSA) is 62.7 Å². The number of rotatable bonds is 6. The molecule has 3 rings (SSSR count). The van der Waals surface area contributed by atoms with E-state index in [2.05, 4.69) is 15.5 Å². The van der Waals surface area contributed by atoms with Gasteiger partial charge in [-0.25, -0.2) is 0 Å². The average molecular weight is 387 g/mol. The molecule has 1 heterocycles. The molecule has 0 bridgehead atoms. The Bertz CT molecular complexity index is 962. The highest BCUT2D eigenvalue weighted by Crippen LogP contribution is 2.18. The lowest BCUT2D eigenvalue weighted by Gasteiger charge is -2.08.